The van der Waals surface area contributed by atoms with E-state index in [1.54, 1.807) is 0 Å². The highest BCUT2D eigenvalue weighted by Crippen LogP contribution is 2.13. The van der Waals surface area contributed by atoms with Crippen LogP contribution in [0.25, 0.3) is 5.69 Å². The van der Waals surface area contributed by atoms with E-state index < -0.39 is 0 Å². The number of anilines is 1. The number of nitrogens with one attached hydrogen (secondary N) is 2. The lowest BCUT2D eigenvalue weighted by atomic mass is 10.2. The van der Waals surface area contributed by atoms with Gasteiger partial charge < -0.3 is 10.6 Å². The van der Waals surface area contributed by atoms with Crippen molar-refractivity contribution < 1.29 is 4.79 Å². The number of benzene rings is 1. The smallest absolute Gasteiger partial charge is 0.225 e. The SMILES string of the molecule is CNCCC(=O)Nc1cccc(-n2cnnn2)c1.Cl. The van der Waals surface area contributed by atoms with Crippen LogP contribution in [0.15, 0.2) is 30.6 Å². The summed E-state index contributed by atoms with van der Waals surface area (Å²) in [7, 11) is 1.81. The zero-order valence-electron chi connectivity index (χ0n) is 10.4. The number of amides is 1. The highest BCUT2D eigenvalue weighted by atomic mass is 35.5. The van der Waals surface area contributed by atoms with E-state index in [1.165, 1.54) is 11.0 Å². The number of halogens is 1. The van der Waals surface area contributed by atoms with E-state index in [1.807, 2.05) is 31.3 Å². The van der Waals surface area contributed by atoms with Crippen molar-refractivity contribution in [1.29, 1.82) is 0 Å². The zero-order chi connectivity index (χ0) is 12.8. The summed E-state index contributed by atoms with van der Waals surface area (Å²) in [6.07, 6.45) is 1.94. The van der Waals surface area contributed by atoms with Crippen molar-refractivity contribution in [2.45, 2.75) is 6.42 Å². The number of tetrazole rings is 1. The average molecular weight is 283 g/mol. The van der Waals surface area contributed by atoms with Crippen LogP contribution in [0.5, 0.6) is 0 Å². The fraction of sp³-hybridized carbons (Fsp3) is 0.273. The largest absolute Gasteiger partial charge is 0.326 e. The Labute approximate surface area is 116 Å². The number of nitrogens with zero attached hydrogens (tertiary/aromatic N) is 4. The van der Waals surface area contributed by atoms with Gasteiger partial charge >= 0.3 is 0 Å². The molecule has 1 aromatic carbocycles. The maximum Gasteiger partial charge on any atom is 0.225 e. The molecule has 102 valence electrons. The molecule has 0 bridgehead atoms. The molecule has 0 saturated heterocycles. The van der Waals surface area contributed by atoms with E-state index >= 15 is 0 Å². The first kappa shape index (κ1) is 15.1. The molecule has 7 nitrogen and oxygen atoms in total. The Kier molecular flexibility index (Phi) is 5.91. The van der Waals surface area contributed by atoms with Crippen LogP contribution in [-0.2, 0) is 4.79 Å². The molecular weight excluding hydrogens is 268 g/mol. The third-order valence-corrected chi connectivity index (χ3v) is 2.35. The van der Waals surface area contributed by atoms with Crippen molar-refractivity contribution in [2.24, 2.45) is 0 Å². The Morgan fingerprint density at radius 1 is 1.42 bits per heavy atom. The van der Waals surface area contributed by atoms with Gasteiger partial charge in [-0.25, -0.2) is 4.68 Å². The molecule has 0 atom stereocenters. The van der Waals surface area contributed by atoms with Crippen LogP contribution < -0.4 is 10.6 Å². The van der Waals surface area contributed by atoms with Crippen molar-refractivity contribution in [3.8, 4) is 5.69 Å². The van der Waals surface area contributed by atoms with Gasteiger partial charge in [-0.2, -0.15) is 0 Å². The predicted octanol–water partition coefficient (Wildman–Crippen LogP) is 0.632. The second-order valence-electron chi connectivity index (χ2n) is 3.71. The number of carbonyl (C=O) groups excluding carboxylic acids is 1. The van der Waals surface area contributed by atoms with Gasteiger partial charge in [0.2, 0.25) is 5.91 Å². The average Bonchev–Trinajstić information content (AvgIpc) is 2.90. The van der Waals surface area contributed by atoms with E-state index in [-0.39, 0.29) is 18.3 Å². The number of aromatic nitrogens is 4. The van der Waals surface area contributed by atoms with Crippen LogP contribution in [-0.4, -0.2) is 39.7 Å². The molecule has 0 saturated carbocycles. The highest BCUT2D eigenvalue weighted by molar-refractivity contribution is 5.91. The minimum Gasteiger partial charge on any atom is -0.326 e. The van der Waals surface area contributed by atoms with Gasteiger partial charge in [-0.05, 0) is 35.7 Å². The maximum atomic E-state index is 11.6. The number of rotatable bonds is 5. The lowest BCUT2D eigenvalue weighted by molar-refractivity contribution is -0.116. The summed E-state index contributed by atoms with van der Waals surface area (Å²) >= 11 is 0. The molecule has 0 aliphatic rings. The van der Waals surface area contributed by atoms with Crippen LogP contribution in [0, 0.1) is 0 Å². The first-order chi connectivity index (χ1) is 8.79. The highest BCUT2D eigenvalue weighted by Gasteiger charge is 2.03. The molecule has 19 heavy (non-hydrogen) atoms. The van der Waals surface area contributed by atoms with Gasteiger partial charge in [-0.3, -0.25) is 4.79 Å². The molecule has 0 aliphatic carbocycles. The molecule has 0 radical (unpaired) electrons. The first-order valence-corrected chi connectivity index (χ1v) is 5.57. The van der Waals surface area contributed by atoms with Gasteiger partial charge in [0.25, 0.3) is 0 Å². The van der Waals surface area contributed by atoms with E-state index in [4.69, 9.17) is 0 Å². The van der Waals surface area contributed by atoms with Crippen molar-refractivity contribution >= 4 is 24.0 Å². The van der Waals surface area contributed by atoms with Gasteiger partial charge in [-0.15, -0.1) is 17.5 Å². The molecule has 2 N–H and O–H groups in total. The van der Waals surface area contributed by atoms with E-state index in [0.717, 1.165) is 11.4 Å². The maximum absolute atomic E-state index is 11.6. The lowest BCUT2D eigenvalue weighted by Crippen LogP contribution is -2.18. The summed E-state index contributed by atoms with van der Waals surface area (Å²) in [6.45, 7) is 0.651. The summed E-state index contributed by atoms with van der Waals surface area (Å²) < 4.78 is 1.53. The van der Waals surface area contributed by atoms with Gasteiger partial charge in [-0.1, -0.05) is 6.07 Å². The summed E-state index contributed by atoms with van der Waals surface area (Å²) in [6, 6.07) is 7.34. The van der Waals surface area contributed by atoms with Crippen molar-refractivity contribution in [2.75, 3.05) is 18.9 Å². The van der Waals surface area contributed by atoms with Crippen molar-refractivity contribution in [1.82, 2.24) is 25.5 Å². The van der Waals surface area contributed by atoms with Crippen molar-refractivity contribution in [3.63, 3.8) is 0 Å². The minimum atomic E-state index is -0.0294. The Bertz CT molecular complexity index is 516. The Morgan fingerprint density at radius 2 is 2.26 bits per heavy atom. The molecule has 2 rings (SSSR count). The second-order valence-corrected chi connectivity index (χ2v) is 3.71. The van der Waals surface area contributed by atoms with Gasteiger partial charge in [0, 0.05) is 18.7 Å². The molecule has 0 fully saturated rings. The Hall–Kier alpha value is -1.99. The molecule has 2 aromatic rings. The predicted molar refractivity (Wildman–Crippen MR) is 73.6 cm³/mol. The molecule has 1 amide bonds. The summed E-state index contributed by atoms with van der Waals surface area (Å²) in [5.74, 6) is -0.0294. The standard InChI is InChI=1S/C11H14N6O.ClH/c1-12-6-5-11(18)14-9-3-2-4-10(7-9)17-8-13-15-16-17;/h2-4,7-8,12H,5-6H2,1H3,(H,14,18);1H. The van der Waals surface area contributed by atoms with E-state index in [0.29, 0.717) is 13.0 Å². The fourth-order valence-corrected chi connectivity index (χ4v) is 1.47. The van der Waals surface area contributed by atoms with Crippen LogP contribution in [0.3, 0.4) is 0 Å². The monoisotopic (exact) mass is 282 g/mol. The summed E-state index contributed by atoms with van der Waals surface area (Å²) in [5, 5.41) is 16.7. The molecule has 8 heteroatoms. The van der Waals surface area contributed by atoms with Gasteiger partial charge in [0.05, 0.1) is 5.69 Å². The minimum absolute atomic E-state index is 0. The summed E-state index contributed by atoms with van der Waals surface area (Å²) in [4.78, 5) is 11.6. The number of hydrogen-bond acceptors (Lipinski definition) is 5. The lowest BCUT2D eigenvalue weighted by Gasteiger charge is -2.06. The Balaban J connectivity index is 0.00000180. The third-order valence-electron chi connectivity index (χ3n) is 2.35. The molecule has 0 aliphatic heterocycles. The van der Waals surface area contributed by atoms with Crippen molar-refractivity contribution in [3.05, 3.63) is 30.6 Å². The quantitative estimate of drug-likeness (QED) is 0.840. The summed E-state index contributed by atoms with van der Waals surface area (Å²) in [5.41, 5.74) is 1.52. The van der Waals surface area contributed by atoms with Crippen LogP contribution in [0.1, 0.15) is 6.42 Å². The number of hydrogen-bond donors (Lipinski definition) is 2. The molecule has 1 heterocycles. The molecule has 1 aromatic heterocycles. The van der Waals surface area contributed by atoms with Crippen LogP contribution >= 0.6 is 12.4 Å². The van der Waals surface area contributed by atoms with E-state index in [2.05, 4.69) is 26.2 Å². The Morgan fingerprint density at radius 3 is 2.95 bits per heavy atom. The molecule has 0 unspecified atom stereocenters. The molecular formula is C11H15ClN6O. The topological polar surface area (TPSA) is 84.7 Å². The number of carbonyl (C=O) groups is 1. The fourth-order valence-electron chi connectivity index (χ4n) is 1.47. The third kappa shape index (κ3) is 4.31. The van der Waals surface area contributed by atoms with Gasteiger partial charge in [0.15, 0.2) is 0 Å². The molecule has 0 spiro atoms. The zero-order valence-corrected chi connectivity index (χ0v) is 11.2. The second kappa shape index (κ2) is 7.45. The van der Waals surface area contributed by atoms with E-state index in [9.17, 15) is 4.79 Å². The first-order valence-electron chi connectivity index (χ1n) is 5.57. The van der Waals surface area contributed by atoms with Crippen LogP contribution in [0.4, 0.5) is 5.69 Å². The van der Waals surface area contributed by atoms with Gasteiger partial charge in [0.1, 0.15) is 6.33 Å². The van der Waals surface area contributed by atoms with Crippen LogP contribution in [0.2, 0.25) is 0 Å². The normalized spacial score (nSPS) is 9.74.